The van der Waals surface area contributed by atoms with Gasteiger partial charge in [0.1, 0.15) is 0 Å². The van der Waals surface area contributed by atoms with Gasteiger partial charge in [-0.15, -0.1) is 0 Å². The molecule has 2 aromatic rings. The number of nitrogens with zero attached hydrogens (tertiary/aromatic N) is 3. The van der Waals surface area contributed by atoms with Gasteiger partial charge in [0.05, 0.1) is 24.0 Å². The average Bonchev–Trinajstić information content (AvgIpc) is 2.30. The Hall–Kier alpha value is -2.41. The van der Waals surface area contributed by atoms with Crippen LogP contribution in [0.3, 0.4) is 0 Å². The Kier molecular flexibility index (Phi) is 2.30. The molecule has 0 saturated carbocycles. The van der Waals surface area contributed by atoms with Gasteiger partial charge >= 0.3 is 0 Å². The molecule has 72 valence electrons. The summed E-state index contributed by atoms with van der Waals surface area (Å²) in [5.74, 6) is 0.443. The molecule has 0 amide bonds. The Labute approximate surface area is 86.5 Å². The van der Waals surface area contributed by atoms with E-state index in [2.05, 4.69) is 16.0 Å². The first-order valence-electron chi connectivity index (χ1n) is 4.32. The maximum absolute atomic E-state index is 9.04. The third-order valence-corrected chi connectivity index (χ3v) is 1.93. The van der Waals surface area contributed by atoms with Gasteiger partial charge in [-0.2, -0.15) is 5.26 Å². The maximum Gasteiger partial charge on any atom is 0.160 e. The third-order valence-electron chi connectivity index (χ3n) is 1.93. The molecule has 0 spiro atoms. The molecule has 0 aliphatic heterocycles. The zero-order valence-electron chi connectivity index (χ0n) is 7.75. The molecule has 1 aromatic carbocycles. The van der Waals surface area contributed by atoms with E-state index in [4.69, 9.17) is 10.4 Å². The minimum Gasteiger partial charge on any atom is -0.505 e. The van der Waals surface area contributed by atoms with Gasteiger partial charge in [-0.25, -0.2) is 9.97 Å². The minimum atomic E-state index is 0.00758. The van der Waals surface area contributed by atoms with E-state index in [1.54, 1.807) is 18.2 Å². The number of nitriles is 1. The Balaban J connectivity index is 2.55. The van der Waals surface area contributed by atoms with Crippen molar-refractivity contribution in [3.05, 3.63) is 42.2 Å². The molecule has 0 atom stereocenters. The van der Waals surface area contributed by atoms with E-state index in [0.29, 0.717) is 17.0 Å². The summed E-state index contributed by atoms with van der Waals surface area (Å²) >= 11 is 0. The predicted octanol–water partition coefficient (Wildman–Crippen LogP) is 1.72. The van der Waals surface area contributed by atoms with Crippen LogP contribution in [0, 0.1) is 11.3 Å². The summed E-state index contributed by atoms with van der Waals surface area (Å²) < 4.78 is 0. The Morgan fingerprint density at radius 3 is 2.47 bits per heavy atom. The molecule has 4 nitrogen and oxygen atoms in total. The lowest BCUT2D eigenvalue weighted by atomic mass is 10.1. The van der Waals surface area contributed by atoms with Crippen LogP contribution in [-0.4, -0.2) is 15.1 Å². The van der Waals surface area contributed by atoms with Crippen LogP contribution in [0.1, 0.15) is 5.56 Å². The molecule has 1 N–H and O–H groups in total. The number of aromatic nitrogens is 2. The number of aromatic hydroxyl groups is 1. The van der Waals surface area contributed by atoms with Gasteiger partial charge in [0.25, 0.3) is 0 Å². The van der Waals surface area contributed by atoms with Crippen molar-refractivity contribution in [1.29, 1.82) is 5.26 Å². The molecule has 15 heavy (non-hydrogen) atoms. The second-order valence-corrected chi connectivity index (χ2v) is 2.92. The predicted molar refractivity (Wildman–Crippen MR) is 53.8 cm³/mol. The Morgan fingerprint density at radius 2 is 1.80 bits per heavy atom. The van der Waals surface area contributed by atoms with Crippen LogP contribution in [0.2, 0.25) is 0 Å². The highest BCUT2D eigenvalue weighted by Gasteiger charge is 2.05. The maximum atomic E-state index is 9.04. The molecule has 4 heteroatoms. The molecule has 1 heterocycles. The van der Waals surface area contributed by atoms with Crippen LogP contribution in [0.25, 0.3) is 11.4 Å². The number of hydrogen-bond acceptors (Lipinski definition) is 4. The summed E-state index contributed by atoms with van der Waals surface area (Å²) in [4.78, 5) is 7.89. The summed E-state index contributed by atoms with van der Waals surface area (Å²) in [6, 6.07) is 9.13. The third kappa shape index (κ3) is 1.76. The first-order valence-corrected chi connectivity index (χ1v) is 4.32. The molecular weight excluding hydrogens is 190 g/mol. The zero-order valence-corrected chi connectivity index (χ0v) is 7.75. The highest BCUT2D eigenvalue weighted by molar-refractivity contribution is 5.64. The van der Waals surface area contributed by atoms with Crippen LogP contribution in [0.5, 0.6) is 5.75 Å². The standard InChI is InChI=1S/C11H7N3O/c12-5-8-3-1-2-4-10(8)11-13-6-9(15)7-14-11/h1-4,6-7,15H. The average molecular weight is 197 g/mol. The fraction of sp³-hybridized carbons (Fsp3) is 0. The summed E-state index contributed by atoms with van der Waals surface area (Å²) in [6.45, 7) is 0. The van der Waals surface area contributed by atoms with E-state index >= 15 is 0 Å². The quantitative estimate of drug-likeness (QED) is 0.755. The largest absolute Gasteiger partial charge is 0.505 e. The molecule has 0 radical (unpaired) electrons. The number of benzene rings is 1. The summed E-state index contributed by atoms with van der Waals surface area (Å²) in [5.41, 5.74) is 1.18. The fourth-order valence-electron chi connectivity index (χ4n) is 1.24. The molecule has 0 unspecified atom stereocenters. The highest BCUT2D eigenvalue weighted by Crippen LogP contribution is 2.19. The van der Waals surface area contributed by atoms with Crippen LogP contribution >= 0.6 is 0 Å². The topological polar surface area (TPSA) is 69.8 Å². The van der Waals surface area contributed by atoms with Gasteiger partial charge in [-0.05, 0) is 12.1 Å². The normalized spacial score (nSPS) is 9.53. The molecule has 0 saturated heterocycles. The van der Waals surface area contributed by atoms with Gasteiger partial charge in [0.15, 0.2) is 11.6 Å². The van der Waals surface area contributed by atoms with Crippen LogP contribution in [0.15, 0.2) is 36.7 Å². The van der Waals surface area contributed by atoms with Crippen molar-refractivity contribution in [3.63, 3.8) is 0 Å². The van der Waals surface area contributed by atoms with Gasteiger partial charge in [0, 0.05) is 5.56 Å². The van der Waals surface area contributed by atoms with Crippen molar-refractivity contribution < 1.29 is 5.11 Å². The van der Waals surface area contributed by atoms with Gasteiger partial charge < -0.3 is 5.11 Å². The smallest absolute Gasteiger partial charge is 0.160 e. The Bertz CT molecular complexity index is 514. The first kappa shape index (κ1) is 9.16. The monoisotopic (exact) mass is 197 g/mol. The van der Waals surface area contributed by atoms with Crippen molar-refractivity contribution in [2.24, 2.45) is 0 Å². The second kappa shape index (κ2) is 3.76. The highest BCUT2D eigenvalue weighted by atomic mass is 16.3. The Morgan fingerprint density at radius 1 is 1.13 bits per heavy atom. The fourth-order valence-corrected chi connectivity index (χ4v) is 1.24. The minimum absolute atomic E-state index is 0.00758. The van der Waals surface area contributed by atoms with Crippen LogP contribution in [0.4, 0.5) is 0 Å². The summed E-state index contributed by atoms with van der Waals surface area (Å²) in [7, 11) is 0. The van der Waals surface area contributed by atoms with Gasteiger partial charge in [0.2, 0.25) is 0 Å². The van der Waals surface area contributed by atoms with E-state index in [0.717, 1.165) is 0 Å². The van der Waals surface area contributed by atoms with E-state index < -0.39 is 0 Å². The number of hydrogen-bond donors (Lipinski definition) is 1. The van der Waals surface area contributed by atoms with Crippen molar-refractivity contribution in [3.8, 4) is 23.2 Å². The summed E-state index contributed by atoms with van der Waals surface area (Å²) in [6.07, 6.45) is 2.60. The lowest BCUT2D eigenvalue weighted by Crippen LogP contribution is -1.90. The van der Waals surface area contributed by atoms with Crippen molar-refractivity contribution >= 4 is 0 Å². The first-order chi connectivity index (χ1) is 7.31. The molecule has 0 fully saturated rings. The number of rotatable bonds is 1. The molecular formula is C11H7N3O. The van der Waals surface area contributed by atoms with E-state index in [-0.39, 0.29) is 5.75 Å². The molecule has 0 bridgehead atoms. The zero-order chi connectivity index (χ0) is 10.7. The SMILES string of the molecule is N#Cc1ccccc1-c1ncc(O)cn1. The lowest BCUT2D eigenvalue weighted by molar-refractivity contribution is 0.470. The second-order valence-electron chi connectivity index (χ2n) is 2.92. The van der Waals surface area contributed by atoms with Crippen molar-refractivity contribution in [2.75, 3.05) is 0 Å². The molecule has 0 aliphatic rings. The lowest BCUT2D eigenvalue weighted by Gasteiger charge is -2.01. The van der Waals surface area contributed by atoms with E-state index in [1.807, 2.05) is 6.07 Å². The van der Waals surface area contributed by atoms with Gasteiger partial charge in [-0.3, -0.25) is 0 Å². The van der Waals surface area contributed by atoms with Crippen LogP contribution in [-0.2, 0) is 0 Å². The van der Waals surface area contributed by atoms with Gasteiger partial charge in [-0.1, -0.05) is 12.1 Å². The van der Waals surface area contributed by atoms with Crippen molar-refractivity contribution in [1.82, 2.24) is 9.97 Å². The van der Waals surface area contributed by atoms with E-state index in [1.165, 1.54) is 12.4 Å². The molecule has 0 aliphatic carbocycles. The summed E-state index contributed by atoms with van der Waals surface area (Å²) in [5, 5.41) is 17.9. The van der Waals surface area contributed by atoms with Crippen molar-refractivity contribution in [2.45, 2.75) is 0 Å². The van der Waals surface area contributed by atoms with E-state index in [9.17, 15) is 0 Å². The van der Waals surface area contributed by atoms with Crippen LogP contribution < -0.4 is 0 Å². The molecule has 1 aromatic heterocycles. The molecule has 2 rings (SSSR count).